The van der Waals surface area contributed by atoms with Gasteiger partial charge in [0.25, 0.3) is 0 Å². The van der Waals surface area contributed by atoms with Crippen LogP contribution in [-0.4, -0.2) is 29.1 Å². The molecule has 1 aromatic carbocycles. The normalized spacial score (nSPS) is 12.9. The van der Waals surface area contributed by atoms with Crippen molar-refractivity contribution in [3.8, 4) is 0 Å². The van der Waals surface area contributed by atoms with Crippen molar-refractivity contribution in [2.24, 2.45) is 11.8 Å². The van der Waals surface area contributed by atoms with E-state index >= 15 is 0 Å². The van der Waals surface area contributed by atoms with E-state index in [4.69, 9.17) is 16.7 Å². The van der Waals surface area contributed by atoms with Gasteiger partial charge in [-0.1, -0.05) is 44.5 Å². The Hall–Kier alpha value is -1.06. The fourth-order valence-electron chi connectivity index (χ4n) is 2.03. The first-order valence-corrected chi connectivity index (χ1v) is 6.96. The van der Waals surface area contributed by atoms with Crippen molar-refractivity contribution in [2.45, 2.75) is 27.3 Å². The summed E-state index contributed by atoms with van der Waals surface area (Å²) < 4.78 is 0. The van der Waals surface area contributed by atoms with E-state index < -0.39 is 5.97 Å². The minimum absolute atomic E-state index is 0.356. The van der Waals surface area contributed by atoms with Gasteiger partial charge in [0, 0.05) is 24.7 Å². The lowest BCUT2D eigenvalue weighted by molar-refractivity contribution is -0.141. The highest BCUT2D eigenvalue weighted by Gasteiger charge is 2.17. The van der Waals surface area contributed by atoms with Crippen LogP contribution in [0, 0.1) is 11.8 Å². The molecular weight excluding hydrogens is 262 g/mol. The first-order valence-electron chi connectivity index (χ1n) is 6.58. The molecule has 0 heterocycles. The third kappa shape index (κ3) is 6.08. The first kappa shape index (κ1) is 16.0. The first-order chi connectivity index (χ1) is 8.88. The number of rotatable bonds is 7. The maximum Gasteiger partial charge on any atom is 0.307 e. The van der Waals surface area contributed by atoms with Crippen LogP contribution in [-0.2, 0) is 11.3 Å². The monoisotopic (exact) mass is 283 g/mol. The number of carbonyl (C=O) groups is 1. The van der Waals surface area contributed by atoms with E-state index in [-0.39, 0.29) is 5.92 Å². The maximum absolute atomic E-state index is 11.0. The largest absolute Gasteiger partial charge is 0.481 e. The Kier molecular flexibility index (Phi) is 6.32. The summed E-state index contributed by atoms with van der Waals surface area (Å²) in [6, 6.07) is 7.71. The molecule has 0 aliphatic rings. The molecule has 106 valence electrons. The minimum Gasteiger partial charge on any atom is -0.481 e. The van der Waals surface area contributed by atoms with Crippen molar-refractivity contribution >= 4 is 17.6 Å². The van der Waals surface area contributed by atoms with E-state index in [0.29, 0.717) is 12.5 Å². The van der Waals surface area contributed by atoms with Crippen molar-refractivity contribution in [1.82, 2.24) is 4.90 Å². The second-order valence-electron chi connectivity index (χ2n) is 5.45. The lowest BCUT2D eigenvalue weighted by Crippen LogP contribution is -2.34. The Morgan fingerprint density at radius 1 is 1.21 bits per heavy atom. The predicted molar refractivity (Wildman–Crippen MR) is 78.4 cm³/mol. The van der Waals surface area contributed by atoms with Gasteiger partial charge in [-0.05, 0) is 23.6 Å². The van der Waals surface area contributed by atoms with Crippen LogP contribution in [0.4, 0.5) is 0 Å². The Morgan fingerprint density at radius 2 is 1.79 bits per heavy atom. The molecule has 4 heteroatoms. The second-order valence-corrected chi connectivity index (χ2v) is 5.89. The van der Waals surface area contributed by atoms with Gasteiger partial charge in [-0.3, -0.25) is 9.69 Å². The van der Waals surface area contributed by atoms with Crippen molar-refractivity contribution in [3.05, 3.63) is 34.9 Å². The summed E-state index contributed by atoms with van der Waals surface area (Å²) in [6.07, 6.45) is 0. The van der Waals surface area contributed by atoms with Crippen LogP contribution in [0.1, 0.15) is 26.3 Å². The summed E-state index contributed by atoms with van der Waals surface area (Å²) in [5.74, 6) is -0.593. The molecule has 1 N–H and O–H groups in total. The third-order valence-corrected chi connectivity index (χ3v) is 3.15. The van der Waals surface area contributed by atoms with E-state index in [1.807, 2.05) is 24.3 Å². The van der Waals surface area contributed by atoms with Gasteiger partial charge in [-0.15, -0.1) is 0 Å². The SMILES string of the molecule is CC(C)CN(Cc1ccc(Cl)cc1)CC(C)C(=O)O. The fraction of sp³-hybridized carbons (Fsp3) is 0.533. The summed E-state index contributed by atoms with van der Waals surface area (Å²) in [5.41, 5.74) is 1.16. The van der Waals surface area contributed by atoms with Gasteiger partial charge in [-0.25, -0.2) is 0 Å². The molecule has 1 aromatic rings. The van der Waals surface area contributed by atoms with Crippen LogP contribution >= 0.6 is 11.6 Å². The van der Waals surface area contributed by atoms with Crippen molar-refractivity contribution in [2.75, 3.05) is 13.1 Å². The highest BCUT2D eigenvalue weighted by Crippen LogP contribution is 2.14. The van der Waals surface area contributed by atoms with Gasteiger partial charge in [0.2, 0.25) is 0 Å². The van der Waals surface area contributed by atoms with Crippen molar-refractivity contribution in [3.63, 3.8) is 0 Å². The minimum atomic E-state index is -0.745. The molecule has 0 radical (unpaired) electrons. The second kappa shape index (κ2) is 7.51. The smallest absolute Gasteiger partial charge is 0.307 e. The zero-order valence-corrected chi connectivity index (χ0v) is 12.5. The Labute approximate surface area is 120 Å². The highest BCUT2D eigenvalue weighted by molar-refractivity contribution is 6.30. The number of nitrogens with zero attached hydrogens (tertiary/aromatic N) is 1. The lowest BCUT2D eigenvalue weighted by Gasteiger charge is -2.26. The summed E-state index contributed by atoms with van der Waals surface area (Å²) in [7, 11) is 0. The topological polar surface area (TPSA) is 40.5 Å². The van der Waals surface area contributed by atoms with Gasteiger partial charge in [0.1, 0.15) is 0 Å². The van der Waals surface area contributed by atoms with E-state index in [1.165, 1.54) is 0 Å². The highest BCUT2D eigenvalue weighted by atomic mass is 35.5. The molecule has 0 saturated heterocycles. The van der Waals surface area contributed by atoms with Crippen molar-refractivity contribution in [1.29, 1.82) is 0 Å². The van der Waals surface area contributed by atoms with E-state index in [1.54, 1.807) is 6.92 Å². The summed E-state index contributed by atoms with van der Waals surface area (Å²) in [6.45, 7) is 8.24. The van der Waals surface area contributed by atoms with Gasteiger partial charge in [0.15, 0.2) is 0 Å². The predicted octanol–water partition coefficient (Wildman–Crippen LogP) is 3.52. The number of aliphatic carboxylic acids is 1. The Bertz CT molecular complexity index is 403. The summed E-state index contributed by atoms with van der Waals surface area (Å²) in [5, 5.41) is 9.74. The van der Waals surface area contributed by atoms with Crippen LogP contribution in [0.3, 0.4) is 0 Å². The van der Waals surface area contributed by atoms with Crippen LogP contribution < -0.4 is 0 Å². The van der Waals surface area contributed by atoms with E-state index in [2.05, 4.69) is 18.7 Å². The lowest BCUT2D eigenvalue weighted by atomic mass is 10.1. The average Bonchev–Trinajstić information content (AvgIpc) is 2.31. The molecule has 0 aliphatic carbocycles. The Morgan fingerprint density at radius 3 is 2.26 bits per heavy atom. The van der Waals surface area contributed by atoms with Crippen LogP contribution in [0.25, 0.3) is 0 Å². The molecule has 19 heavy (non-hydrogen) atoms. The molecular formula is C15H22ClNO2. The summed E-state index contributed by atoms with van der Waals surface area (Å²) >= 11 is 5.87. The number of carboxylic acids is 1. The maximum atomic E-state index is 11.0. The van der Waals surface area contributed by atoms with Gasteiger partial charge >= 0.3 is 5.97 Å². The van der Waals surface area contributed by atoms with Gasteiger partial charge < -0.3 is 5.11 Å². The molecule has 0 spiro atoms. The van der Waals surface area contributed by atoms with Crippen molar-refractivity contribution < 1.29 is 9.90 Å². The molecule has 0 fully saturated rings. The molecule has 0 bridgehead atoms. The van der Waals surface area contributed by atoms with Gasteiger partial charge in [0.05, 0.1) is 5.92 Å². The quantitative estimate of drug-likeness (QED) is 0.832. The molecule has 0 aliphatic heterocycles. The average molecular weight is 284 g/mol. The molecule has 0 saturated carbocycles. The molecule has 1 atom stereocenters. The molecule has 3 nitrogen and oxygen atoms in total. The molecule has 0 amide bonds. The number of hydrogen-bond donors (Lipinski definition) is 1. The summed E-state index contributed by atoms with van der Waals surface area (Å²) in [4.78, 5) is 13.2. The number of hydrogen-bond acceptors (Lipinski definition) is 2. The fourth-order valence-corrected chi connectivity index (χ4v) is 2.16. The zero-order valence-electron chi connectivity index (χ0n) is 11.8. The van der Waals surface area contributed by atoms with Crippen LogP contribution in [0.5, 0.6) is 0 Å². The molecule has 0 aromatic heterocycles. The standard InChI is InChI=1S/C15H22ClNO2/c1-11(2)8-17(9-12(3)15(18)19)10-13-4-6-14(16)7-5-13/h4-7,11-12H,8-10H2,1-3H3,(H,18,19). The van der Waals surface area contributed by atoms with Crippen LogP contribution in [0.2, 0.25) is 5.02 Å². The third-order valence-electron chi connectivity index (χ3n) is 2.90. The molecule has 1 rings (SSSR count). The molecule has 1 unspecified atom stereocenters. The Balaban J connectivity index is 2.68. The number of carboxylic acid groups (broad SMARTS) is 1. The van der Waals surface area contributed by atoms with Crippen LogP contribution in [0.15, 0.2) is 24.3 Å². The number of halogens is 1. The van der Waals surface area contributed by atoms with Gasteiger partial charge in [-0.2, -0.15) is 0 Å². The number of benzene rings is 1. The van der Waals surface area contributed by atoms with E-state index in [9.17, 15) is 4.79 Å². The zero-order chi connectivity index (χ0) is 14.4. The van der Waals surface area contributed by atoms with E-state index in [0.717, 1.165) is 23.7 Å².